The summed E-state index contributed by atoms with van der Waals surface area (Å²) in [6.45, 7) is 1.80. The third-order valence-corrected chi connectivity index (χ3v) is 3.58. The Morgan fingerprint density at radius 3 is 2.93 bits per heavy atom. The van der Waals surface area contributed by atoms with Gasteiger partial charge in [0, 0.05) is 5.75 Å². The predicted octanol–water partition coefficient (Wildman–Crippen LogP) is 0.976. The predicted molar refractivity (Wildman–Crippen MR) is 61.5 cm³/mol. The third kappa shape index (κ3) is 3.28. The molecule has 1 heterocycles. The van der Waals surface area contributed by atoms with E-state index in [0.717, 1.165) is 11.5 Å². The van der Waals surface area contributed by atoms with E-state index in [1.807, 2.05) is 12.1 Å². The molecule has 1 amide bonds. The van der Waals surface area contributed by atoms with E-state index in [0.29, 0.717) is 5.75 Å². The largest absolute Gasteiger partial charge is 0.468 e. The Kier molecular flexibility index (Phi) is 4.23. The van der Waals surface area contributed by atoms with Crippen LogP contribution in [-0.2, 0) is 10.5 Å². The summed E-state index contributed by atoms with van der Waals surface area (Å²) in [6, 6.07) is 3.76. The molecular formula is C10H16N2O2S. The van der Waals surface area contributed by atoms with E-state index in [1.54, 1.807) is 32.0 Å². The van der Waals surface area contributed by atoms with Gasteiger partial charge >= 0.3 is 0 Å². The van der Waals surface area contributed by atoms with Crippen molar-refractivity contribution in [2.45, 2.75) is 18.2 Å². The molecule has 1 atom stereocenters. The molecule has 15 heavy (non-hydrogen) atoms. The van der Waals surface area contributed by atoms with Crippen LogP contribution in [0, 0.1) is 0 Å². The monoisotopic (exact) mass is 228 g/mol. The van der Waals surface area contributed by atoms with Gasteiger partial charge in [-0.05, 0) is 26.1 Å². The van der Waals surface area contributed by atoms with Gasteiger partial charge in [0.1, 0.15) is 11.3 Å². The number of carbonyl (C=O) groups is 1. The standard InChI is InChI=1S/C10H16N2O2S/c1-10(12-2,9(11)13)7-15-6-8-4-3-5-14-8/h3-5,12H,6-7H2,1-2H3,(H2,11,13). The van der Waals surface area contributed by atoms with Crippen molar-refractivity contribution in [3.63, 3.8) is 0 Å². The molecule has 4 nitrogen and oxygen atoms in total. The molecule has 0 aromatic carbocycles. The summed E-state index contributed by atoms with van der Waals surface area (Å²) < 4.78 is 5.18. The second kappa shape index (κ2) is 5.23. The van der Waals surface area contributed by atoms with Crippen LogP contribution in [-0.4, -0.2) is 24.2 Å². The van der Waals surface area contributed by atoms with Crippen LogP contribution < -0.4 is 11.1 Å². The first-order chi connectivity index (χ1) is 7.08. The summed E-state index contributed by atoms with van der Waals surface area (Å²) in [7, 11) is 1.73. The highest BCUT2D eigenvalue weighted by Gasteiger charge is 2.28. The number of hydrogen-bond acceptors (Lipinski definition) is 4. The lowest BCUT2D eigenvalue weighted by molar-refractivity contribution is -0.122. The molecule has 1 aromatic rings. The summed E-state index contributed by atoms with van der Waals surface area (Å²) >= 11 is 1.61. The molecule has 0 aliphatic heterocycles. The molecule has 0 saturated carbocycles. The fraction of sp³-hybridized carbons (Fsp3) is 0.500. The highest BCUT2D eigenvalue weighted by atomic mass is 32.2. The molecular weight excluding hydrogens is 212 g/mol. The SMILES string of the molecule is CNC(C)(CSCc1ccco1)C(N)=O. The first-order valence-electron chi connectivity index (χ1n) is 4.67. The quantitative estimate of drug-likeness (QED) is 0.761. The molecule has 84 valence electrons. The van der Waals surface area contributed by atoms with Gasteiger partial charge in [0.25, 0.3) is 0 Å². The van der Waals surface area contributed by atoms with E-state index < -0.39 is 5.54 Å². The van der Waals surface area contributed by atoms with Gasteiger partial charge in [-0.3, -0.25) is 4.79 Å². The number of carbonyl (C=O) groups excluding carboxylic acids is 1. The molecule has 0 aliphatic carbocycles. The van der Waals surface area contributed by atoms with Gasteiger partial charge in [-0.2, -0.15) is 11.8 Å². The van der Waals surface area contributed by atoms with Crippen LogP contribution >= 0.6 is 11.8 Å². The molecule has 0 aliphatic rings. The van der Waals surface area contributed by atoms with Crippen LogP contribution in [0.4, 0.5) is 0 Å². The van der Waals surface area contributed by atoms with E-state index in [1.165, 1.54) is 0 Å². The Morgan fingerprint density at radius 2 is 2.47 bits per heavy atom. The highest BCUT2D eigenvalue weighted by molar-refractivity contribution is 7.98. The van der Waals surface area contributed by atoms with Gasteiger partial charge in [-0.1, -0.05) is 0 Å². The average molecular weight is 228 g/mol. The Morgan fingerprint density at radius 1 is 1.73 bits per heavy atom. The Labute approximate surface area is 93.6 Å². The average Bonchev–Trinajstić information content (AvgIpc) is 2.70. The molecule has 0 bridgehead atoms. The fourth-order valence-electron chi connectivity index (χ4n) is 1.02. The summed E-state index contributed by atoms with van der Waals surface area (Å²) in [5.41, 5.74) is 4.65. The van der Waals surface area contributed by atoms with Crippen LogP contribution in [0.2, 0.25) is 0 Å². The van der Waals surface area contributed by atoms with Gasteiger partial charge in [0.15, 0.2) is 0 Å². The lowest BCUT2D eigenvalue weighted by atomic mass is 10.1. The molecule has 0 radical (unpaired) electrons. The summed E-state index contributed by atoms with van der Waals surface area (Å²) in [4.78, 5) is 11.2. The van der Waals surface area contributed by atoms with E-state index in [-0.39, 0.29) is 5.91 Å². The second-order valence-electron chi connectivity index (χ2n) is 3.52. The zero-order valence-electron chi connectivity index (χ0n) is 8.95. The van der Waals surface area contributed by atoms with Crippen LogP contribution in [0.3, 0.4) is 0 Å². The molecule has 0 saturated heterocycles. The minimum atomic E-state index is -0.655. The topological polar surface area (TPSA) is 68.3 Å². The minimum absolute atomic E-state index is 0.336. The molecule has 0 spiro atoms. The molecule has 1 rings (SSSR count). The van der Waals surface area contributed by atoms with Crippen molar-refractivity contribution < 1.29 is 9.21 Å². The first-order valence-corrected chi connectivity index (χ1v) is 5.83. The normalized spacial score (nSPS) is 14.8. The van der Waals surface area contributed by atoms with Crippen molar-refractivity contribution in [2.24, 2.45) is 5.73 Å². The molecule has 0 fully saturated rings. The van der Waals surface area contributed by atoms with Gasteiger partial charge in [0.05, 0.1) is 12.0 Å². The van der Waals surface area contributed by atoms with Crippen LogP contribution in [0.5, 0.6) is 0 Å². The van der Waals surface area contributed by atoms with Crippen LogP contribution in [0.15, 0.2) is 22.8 Å². The Hall–Kier alpha value is -0.940. The van der Waals surface area contributed by atoms with E-state index >= 15 is 0 Å². The highest BCUT2D eigenvalue weighted by Crippen LogP contribution is 2.17. The number of primary amides is 1. The van der Waals surface area contributed by atoms with E-state index in [4.69, 9.17) is 10.2 Å². The summed E-state index contributed by atoms with van der Waals surface area (Å²) in [6.07, 6.45) is 1.64. The Balaban J connectivity index is 2.38. The minimum Gasteiger partial charge on any atom is -0.468 e. The summed E-state index contributed by atoms with van der Waals surface area (Å²) in [5, 5.41) is 2.93. The number of rotatable bonds is 6. The van der Waals surface area contributed by atoms with Crippen molar-refractivity contribution in [1.82, 2.24) is 5.32 Å². The number of hydrogen-bond donors (Lipinski definition) is 2. The number of likely N-dealkylation sites (N-methyl/N-ethyl adjacent to an activating group) is 1. The number of amides is 1. The smallest absolute Gasteiger partial charge is 0.238 e. The zero-order valence-corrected chi connectivity index (χ0v) is 9.76. The van der Waals surface area contributed by atoms with E-state index in [9.17, 15) is 4.79 Å². The molecule has 1 unspecified atom stereocenters. The van der Waals surface area contributed by atoms with Crippen molar-refractivity contribution in [2.75, 3.05) is 12.8 Å². The number of nitrogens with one attached hydrogen (secondary N) is 1. The van der Waals surface area contributed by atoms with Crippen molar-refractivity contribution in [3.05, 3.63) is 24.2 Å². The zero-order chi connectivity index (χ0) is 11.3. The number of furan rings is 1. The van der Waals surface area contributed by atoms with Gasteiger partial charge in [0.2, 0.25) is 5.91 Å². The number of nitrogens with two attached hydrogens (primary N) is 1. The molecule has 5 heteroatoms. The lowest BCUT2D eigenvalue weighted by Gasteiger charge is -2.24. The van der Waals surface area contributed by atoms with Crippen molar-refractivity contribution in [1.29, 1.82) is 0 Å². The van der Waals surface area contributed by atoms with Gasteiger partial charge < -0.3 is 15.5 Å². The first kappa shape index (κ1) is 12.1. The maximum Gasteiger partial charge on any atom is 0.238 e. The number of thioether (sulfide) groups is 1. The third-order valence-electron chi connectivity index (χ3n) is 2.31. The maximum absolute atomic E-state index is 11.2. The van der Waals surface area contributed by atoms with Gasteiger partial charge in [-0.15, -0.1) is 0 Å². The molecule has 1 aromatic heterocycles. The lowest BCUT2D eigenvalue weighted by Crippen LogP contribution is -2.53. The second-order valence-corrected chi connectivity index (χ2v) is 4.50. The molecule has 3 N–H and O–H groups in total. The fourth-order valence-corrected chi connectivity index (χ4v) is 2.18. The van der Waals surface area contributed by atoms with Crippen molar-refractivity contribution >= 4 is 17.7 Å². The van der Waals surface area contributed by atoms with E-state index in [2.05, 4.69) is 5.32 Å². The summed E-state index contributed by atoms with van der Waals surface area (Å²) in [5.74, 6) is 1.94. The van der Waals surface area contributed by atoms with Gasteiger partial charge in [-0.25, -0.2) is 0 Å². The van der Waals surface area contributed by atoms with Crippen LogP contribution in [0.1, 0.15) is 12.7 Å². The Bertz CT molecular complexity index is 313. The van der Waals surface area contributed by atoms with Crippen molar-refractivity contribution in [3.8, 4) is 0 Å². The van der Waals surface area contributed by atoms with Crippen LogP contribution in [0.25, 0.3) is 0 Å². The maximum atomic E-state index is 11.2.